The minimum absolute atomic E-state index is 0.256. The molecule has 110 valence electrons. The van der Waals surface area contributed by atoms with Crippen LogP contribution in [0.4, 0.5) is 8.78 Å². The molecule has 2 N–H and O–H groups in total. The average Bonchev–Trinajstić information content (AvgIpc) is 2.90. The maximum Gasteiger partial charge on any atom is 0.163 e. The molecule has 0 aromatic heterocycles. The molecular weight excluding hydrogens is 270 g/mol. The number of hydrogen-bond acceptors (Lipinski definition) is 2. The standard InChI is InChI=1S/C17H18F2N2/c18-15-7-3-6-14(17(15)19)16(20)8-9-21-10-12-4-1-2-5-13(12)11-21/h1-7,16H,8-11,20H2. The molecule has 4 heteroatoms. The van der Waals surface area contributed by atoms with Gasteiger partial charge in [0.2, 0.25) is 0 Å². The van der Waals surface area contributed by atoms with Gasteiger partial charge in [0, 0.05) is 31.2 Å². The van der Waals surface area contributed by atoms with Crippen molar-refractivity contribution >= 4 is 0 Å². The summed E-state index contributed by atoms with van der Waals surface area (Å²) in [5, 5.41) is 0. The van der Waals surface area contributed by atoms with E-state index in [-0.39, 0.29) is 5.56 Å². The van der Waals surface area contributed by atoms with Crippen LogP contribution < -0.4 is 5.73 Å². The van der Waals surface area contributed by atoms with Crippen molar-refractivity contribution in [2.75, 3.05) is 6.54 Å². The first-order chi connectivity index (χ1) is 10.1. The lowest BCUT2D eigenvalue weighted by atomic mass is 10.0. The van der Waals surface area contributed by atoms with Crippen LogP contribution in [0, 0.1) is 11.6 Å². The van der Waals surface area contributed by atoms with Gasteiger partial charge in [-0.1, -0.05) is 36.4 Å². The van der Waals surface area contributed by atoms with Crippen molar-refractivity contribution in [3.05, 3.63) is 70.8 Å². The third-order valence-electron chi connectivity index (χ3n) is 4.04. The van der Waals surface area contributed by atoms with E-state index in [0.717, 1.165) is 25.7 Å². The molecule has 21 heavy (non-hydrogen) atoms. The maximum atomic E-state index is 13.7. The summed E-state index contributed by atoms with van der Waals surface area (Å²) in [6.07, 6.45) is 0.606. The summed E-state index contributed by atoms with van der Waals surface area (Å²) in [5.74, 6) is -1.66. The Bertz CT molecular complexity index is 617. The Balaban J connectivity index is 1.60. The molecule has 2 nitrogen and oxygen atoms in total. The molecule has 0 spiro atoms. The van der Waals surface area contributed by atoms with Crippen molar-refractivity contribution in [1.82, 2.24) is 4.90 Å². The number of rotatable bonds is 4. The van der Waals surface area contributed by atoms with Gasteiger partial charge < -0.3 is 5.73 Å². The Morgan fingerprint density at radius 3 is 2.33 bits per heavy atom. The van der Waals surface area contributed by atoms with Crippen LogP contribution in [0.25, 0.3) is 0 Å². The normalized spacial score (nSPS) is 16.0. The Morgan fingerprint density at radius 2 is 1.67 bits per heavy atom. The summed E-state index contributed by atoms with van der Waals surface area (Å²) in [6.45, 7) is 2.56. The third kappa shape index (κ3) is 2.96. The largest absolute Gasteiger partial charge is 0.324 e. The van der Waals surface area contributed by atoms with Gasteiger partial charge in [0.1, 0.15) is 0 Å². The van der Waals surface area contributed by atoms with E-state index in [1.807, 2.05) is 12.1 Å². The Kier molecular flexibility index (Phi) is 3.99. The molecule has 0 saturated heterocycles. The second-order valence-electron chi connectivity index (χ2n) is 5.52. The zero-order chi connectivity index (χ0) is 14.8. The second-order valence-corrected chi connectivity index (χ2v) is 5.52. The Labute approximate surface area is 123 Å². The van der Waals surface area contributed by atoms with E-state index in [1.165, 1.54) is 17.2 Å². The van der Waals surface area contributed by atoms with Crippen LogP contribution in [0.15, 0.2) is 42.5 Å². The van der Waals surface area contributed by atoms with Gasteiger partial charge in [-0.2, -0.15) is 0 Å². The molecule has 1 heterocycles. The fraction of sp³-hybridized carbons (Fsp3) is 0.294. The number of benzene rings is 2. The van der Waals surface area contributed by atoms with Crippen LogP contribution in [0.3, 0.4) is 0 Å². The zero-order valence-electron chi connectivity index (χ0n) is 11.7. The molecule has 0 radical (unpaired) electrons. The van der Waals surface area contributed by atoms with Gasteiger partial charge in [-0.15, -0.1) is 0 Å². The zero-order valence-corrected chi connectivity index (χ0v) is 11.7. The predicted molar refractivity (Wildman–Crippen MR) is 78.5 cm³/mol. The first kappa shape index (κ1) is 14.2. The van der Waals surface area contributed by atoms with E-state index < -0.39 is 17.7 Å². The number of halogens is 2. The van der Waals surface area contributed by atoms with Crippen LogP contribution in [0.2, 0.25) is 0 Å². The predicted octanol–water partition coefficient (Wildman–Crippen LogP) is 3.37. The molecule has 0 amide bonds. The van der Waals surface area contributed by atoms with E-state index in [4.69, 9.17) is 5.73 Å². The molecule has 3 rings (SSSR count). The molecule has 2 aromatic rings. The lowest BCUT2D eigenvalue weighted by Crippen LogP contribution is -2.23. The van der Waals surface area contributed by atoms with Crippen molar-refractivity contribution in [2.24, 2.45) is 5.73 Å². The van der Waals surface area contributed by atoms with Gasteiger partial charge in [-0.25, -0.2) is 8.78 Å². The Morgan fingerprint density at radius 1 is 1.00 bits per heavy atom. The van der Waals surface area contributed by atoms with Crippen LogP contribution >= 0.6 is 0 Å². The highest BCUT2D eigenvalue weighted by atomic mass is 19.2. The number of hydrogen-bond donors (Lipinski definition) is 1. The number of nitrogens with zero attached hydrogens (tertiary/aromatic N) is 1. The van der Waals surface area contributed by atoms with Gasteiger partial charge in [0.15, 0.2) is 11.6 Å². The van der Waals surface area contributed by atoms with Gasteiger partial charge in [-0.3, -0.25) is 4.90 Å². The van der Waals surface area contributed by atoms with Gasteiger partial charge in [-0.05, 0) is 23.6 Å². The van der Waals surface area contributed by atoms with Crippen molar-refractivity contribution in [2.45, 2.75) is 25.6 Å². The van der Waals surface area contributed by atoms with Crippen molar-refractivity contribution in [3.63, 3.8) is 0 Å². The fourth-order valence-corrected chi connectivity index (χ4v) is 2.85. The SMILES string of the molecule is NC(CCN1Cc2ccccc2C1)c1cccc(F)c1F. The number of fused-ring (bicyclic) bond motifs is 1. The Hall–Kier alpha value is -1.78. The van der Waals surface area contributed by atoms with Crippen LogP contribution in [-0.4, -0.2) is 11.4 Å². The lowest BCUT2D eigenvalue weighted by molar-refractivity contribution is 0.271. The summed E-state index contributed by atoms with van der Waals surface area (Å²) < 4.78 is 26.9. The summed E-state index contributed by atoms with van der Waals surface area (Å²) in [4.78, 5) is 2.28. The van der Waals surface area contributed by atoms with Crippen molar-refractivity contribution < 1.29 is 8.78 Å². The number of nitrogens with two attached hydrogens (primary N) is 1. The van der Waals surface area contributed by atoms with Gasteiger partial charge in [0.05, 0.1) is 0 Å². The molecule has 1 unspecified atom stereocenters. The lowest BCUT2D eigenvalue weighted by Gasteiger charge is -2.19. The maximum absolute atomic E-state index is 13.7. The van der Waals surface area contributed by atoms with Crippen molar-refractivity contribution in [3.8, 4) is 0 Å². The molecular formula is C17H18F2N2. The summed E-state index contributed by atoms with van der Waals surface area (Å²) in [6, 6.07) is 12.0. The fourth-order valence-electron chi connectivity index (χ4n) is 2.85. The van der Waals surface area contributed by atoms with E-state index >= 15 is 0 Å². The first-order valence-electron chi connectivity index (χ1n) is 7.14. The summed E-state index contributed by atoms with van der Waals surface area (Å²) >= 11 is 0. The molecule has 0 saturated carbocycles. The van der Waals surface area contributed by atoms with E-state index in [0.29, 0.717) is 6.42 Å². The first-order valence-corrected chi connectivity index (χ1v) is 7.14. The average molecular weight is 288 g/mol. The topological polar surface area (TPSA) is 29.3 Å². The molecule has 1 aliphatic heterocycles. The highest BCUT2D eigenvalue weighted by Gasteiger charge is 2.20. The molecule has 0 fully saturated rings. The smallest absolute Gasteiger partial charge is 0.163 e. The molecule has 1 aliphatic rings. The molecule has 0 bridgehead atoms. The minimum Gasteiger partial charge on any atom is -0.324 e. The summed E-state index contributed by atoms with van der Waals surface area (Å²) in [7, 11) is 0. The van der Waals surface area contributed by atoms with E-state index in [1.54, 1.807) is 6.07 Å². The summed E-state index contributed by atoms with van der Waals surface area (Å²) in [5.41, 5.74) is 8.94. The molecule has 2 aromatic carbocycles. The minimum atomic E-state index is -0.837. The molecule has 1 atom stereocenters. The van der Waals surface area contributed by atoms with Crippen LogP contribution in [0.5, 0.6) is 0 Å². The monoisotopic (exact) mass is 288 g/mol. The van der Waals surface area contributed by atoms with Gasteiger partial charge >= 0.3 is 0 Å². The van der Waals surface area contributed by atoms with Crippen LogP contribution in [-0.2, 0) is 13.1 Å². The van der Waals surface area contributed by atoms with E-state index in [9.17, 15) is 8.78 Å². The highest BCUT2D eigenvalue weighted by molar-refractivity contribution is 5.30. The quantitative estimate of drug-likeness (QED) is 0.934. The van der Waals surface area contributed by atoms with Gasteiger partial charge in [0.25, 0.3) is 0 Å². The second kappa shape index (κ2) is 5.92. The highest BCUT2D eigenvalue weighted by Crippen LogP contribution is 2.25. The molecule has 0 aliphatic carbocycles. The van der Waals surface area contributed by atoms with E-state index in [2.05, 4.69) is 17.0 Å². The van der Waals surface area contributed by atoms with Crippen molar-refractivity contribution in [1.29, 1.82) is 0 Å². The third-order valence-corrected chi connectivity index (χ3v) is 4.04. The van der Waals surface area contributed by atoms with Crippen LogP contribution in [0.1, 0.15) is 29.2 Å².